The van der Waals surface area contributed by atoms with Crippen molar-refractivity contribution in [1.29, 1.82) is 0 Å². The van der Waals surface area contributed by atoms with Gasteiger partial charge in [-0.05, 0) is 43.5 Å². The van der Waals surface area contributed by atoms with Crippen molar-refractivity contribution in [1.82, 2.24) is 0 Å². The van der Waals surface area contributed by atoms with Crippen LogP contribution in [0.25, 0.3) is 6.08 Å². The van der Waals surface area contributed by atoms with Crippen LogP contribution in [0.3, 0.4) is 0 Å². The Morgan fingerprint density at radius 2 is 2.04 bits per heavy atom. The highest BCUT2D eigenvalue weighted by Gasteiger charge is 2.29. The fourth-order valence-electron chi connectivity index (χ4n) is 3.09. The number of fused-ring (bicyclic) bond motifs is 1. The van der Waals surface area contributed by atoms with E-state index in [1.807, 2.05) is 31.2 Å². The quantitative estimate of drug-likeness (QED) is 0.286. The van der Waals surface area contributed by atoms with Gasteiger partial charge in [0.1, 0.15) is 11.9 Å². The van der Waals surface area contributed by atoms with Gasteiger partial charge in [0.2, 0.25) is 0 Å². The average molecular weight is 386 g/mol. The zero-order chi connectivity index (χ0) is 20.7. The van der Waals surface area contributed by atoms with Gasteiger partial charge >= 0.3 is 5.97 Å². The van der Waals surface area contributed by atoms with Crippen LogP contribution in [0.1, 0.15) is 38.3 Å². The first-order chi connectivity index (χ1) is 13.3. The first-order valence-corrected chi connectivity index (χ1v) is 9.31. The first kappa shape index (κ1) is 21.8. The fourth-order valence-corrected chi connectivity index (χ4v) is 3.09. The normalized spacial score (nSPS) is 17.4. The number of rotatable bonds is 8. The van der Waals surface area contributed by atoms with Crippen LogP contribution < -0.4 is 4.74 Å². The van der Waals surface area contributed by atoms with Crippen LogP contribution in [0.5, 0.6) is 5.75 Å². The van der Waals surface area contributed by atoms with Gasteiger partial charge in [-0.15, -0.1) is 0 Å². The molecule has 5 heteroatoms. The molecule has 0 amide bonds. The Morgan fingerprint density at radius 3 is 2.68 bits per heavy atom. The fraction of sp³-hybridized carbons (Fsp3) is 0.435. The summed E-state index contributed by atoms with van der Waals surface area (Å²) in [6.07, 6.45) is 8.97. The largest absolute Gasteiger partial charge is 0.503 e. The Labute approximate surface area is 167 Å². The molecule has 1 unspecified atom stereocenters. The Bertz CT molecular complexity index is 786. The zero-order valence-electron chi connectivity index (χ0n) is 17.6. The molecule has 1 aromatic carbocycles. The number of esters is 1. The van der Waals surface area contributed by atoms with E-state index in [0.717, 1.165) is 29.7 Å². The molecule has 0 fully saturated rings. The van der Waals surface area contributed by atoms with Gasteiger partial charge in [-0.25, -0.2) is 4.79 Å². The molecule has 2 rings (SSSR count). The lowest BCUT2D eigenvalue weighted by atomic mass is 9.97. The lowest BCUT2D eigenvalue weighted by Gasteiger charge is -2.25. The second-order valence-corrected chi connectivity index (χ2v) is 7.45. The van der Waals surface area contributed by atoms with Gasteiger partial charge in [0.25, 0.3) is 0 Å². The SMILES string of the molecule is CO/C=C(C(=O)OC)/C(C)=C/C=C/c1ccc2c(c1)OC(CC(C)(C)OC)C2. The van der Waals surface area contributed by atoms with E-state index in [2.05, 4.69) is 26.0 Å². The predicted octanol–water partition coefficient (Wildman–Crippen LogP) is 4.47. The van der Waals surface area contributed by atoms with Gasteiger partial charge in [-0.3, -0.25) is 0 Å². The van der Waals surface area contributed by atoms with Gasteiger partial charge in [0, 0.05) is 20.0 Å². The van der Waals surface area contributed by atoms with Crippen molar-refractivity contribution in [3.8, 4) is 5.75 Å². The molecule has 0 aliphatic carbocycles. The van der Waals surface area contributed by atoms with Crippen molar-refractivity contribution < 1.29 is 23.7 Å². The zero-order valence-corrected chi connectivity index (χ0v) is 17.6. The van der Waals surface area contributed by atoms with Crippen LogP contribution in [-0.2, 0) is 25.4 Å². The maximum atomic E-state index is 11.8. The van der Waals surface area contributed by atoms with E-state index in [1.165, 1.54) is 26.0 Å². The third-order valence-electron chi connectivity index (χ3n) is 4.81. The summed E-state index contributed by atoms with van der Waals surface area (Å²) in [6, 6.07) is 6.22. The number of benzene rings is 1. The van der Waals surface area contributed by atoms with Gasteiger partial charge in [0.15, 0.2) is 0 Å². The van der Waals surface area contributed by atoms with E-state index in [9.17, 15) is 4.79 Å². The molecule has 1 atom stereocenters. The molecule has 1 aromatic rings. The number of ether oxygens (including phenoxy) is 4. The first-order valence-electron chi connectivity index (χ1n) is 9.31. The van der Waals surface area contributed by atoms with E-state index >= 15 is 0 Å². The second kappa shape index (κ2) is 9.60. The van der Waals surface area contributed by atoms with Gasteiger partial charge in [-0.1, -0.05) is 30.4 Å². The van der Waals surface area contributed by atoms with E-state index in [-0.39, 0.29) is 11.7 Å². The van der Waals surface area contributed by atoms with Crippen LogP contribution in [0, 0.1) is 0 Å². The number of hydrogen-bond acceptors (Lipinski definition) is 5. The molecule has 0 saturated heterocycles. The molecule has 5 nitrogen and oxygen atoms in total. The number of carbonyl (C=O) groups is 1. The van der Waals surface area contributed by atoms with Crippen LogP contribution in [0.4, 0.5) is 0 Å². The summed E-state index contributed by atoms with van der Waals surface area (Å²) < 4.78 is 21.4. The average Bonchev–Trinajstić information content (AvgIpc) is 3.06. The highest BCUT2D eigenvalue weighted by atomic mass is 16.5. The van der Waals surface area contributed by atoms with Gasteiger partial charge in [0.05, 0.1) is 31.7 Å². The predicted molar refractivity (Wildman–Crippen MR) is 110 cm³/mol. The monoisotopic (exact) mass is 386 g/mol. The molecule has 0 saturated carbocycles. The summed E-state index contributed by atoms with van der Waals surface area (Å²) in [4.78, 5) is 11.8. The molecule has 1 aliphatic heterocycles. The van der Waals surface area contributed by atoms with Crippen LogP contribution >= 0.6 is 0 Å². The van der Waals surface area contributed by atoms with E-state index in [1.54, 1.807) is 7.11 Å². The van der Waals surface area contributed by atoms with E-state index < -0.39 is 5.97 Å². The summed E-state index contributed by atoms with van der Waals surface area (Å²) in [5, 5.41) is 0. The molecule has 0 aromatic heterocycles. The number of allylic oxidation sites excluding steroid dienone is 2. The van der Waals surface area contributed by atoms with Crippen molar-refractivity contribution in [2.45, 2.75) is 45.3 Å². The lowest BCUT2D eigenvalue weighted by molar-refractivity contribution is -0.135. The van der Waals surface area contributed by atoms with E-state index in [4.69, 9.17) is 18.9 Å². The highest BCUT2D eigenvalue weighted by molar-refractivity contribution is 5.93. The maximum Gasteiger partial charge on any atom is 0.341 e. The smallest absolute Gasteiger partial charge is 0.341 e. The molecule has 0 spiro atoms. The van der Waals surface area contributed by atoms with Gasteiger partial charge < -0.3 is 18.9 Å². The van der Waals surface area contributed by atoms with Crippen LogP contribution in [-0.4, -0.2) is 39.0 Å². The Morgan fingerprint density at radius 1 is 1.29 bits per heavy atom. The standard InChI is InChI=1S/C23H30O5/c1-16(20(15-25-4)22(24)26-5)8-7-9-17-10-11-18-13-19(28-21(18)12-17)14-23(2,3)27-6/h7-12,15,19H,13-14H2,1-6H3/b9-7+,16-8+,20-15-. The Hall–Kier alpha value is -2.53. The minimum absolute atomic E-state index is 0.133. The van der Waals surface area contributed by atoms with Crippen molar-refractivity contribution in [2.24, 2.45) is 0 Å². The highest BCUT2D eigenvalue weighted by Crippen LogP contribution is 2.33. The summed E-state index contributed by atoms with van der Waals surface area (Å²) in [6.45, 7) is 5.98. The molecular weight excluding hydrogens is 356 g/mol. The number of methoxy groups -OCH3 is 3. The van der Waals surface area contributed by atoms with Crippen LogP contribution in [0.2, 0.25) is 0 Å². The third kappa shape index (κ3) is 5.73. The van der Waals surface area contributed by atoms with Crippen molar-refractivity contribution in [3.05, 3.63) is 58.9 Å². The maximum absolute atomic E-state index is 11.8. The lowest BCUT2D eigenvalue weighted by Crippen LogP contribution is -2.30. The topological polar surface area (TPSA) is 54.0 Å². The van der Waals surface area contributed by atoms with Crippen LogP contribution in [0.15, 0.2) is 47.8 Å². The second-order valence-electron chi connectivity index (χ2n) is 7.45. The van der Waals surface area contributed by atoms with Crippen molar-refractivity contribution in [2.75, 3.05) is 21.3 Å². The minimum Gasteiger partial charge on any atom is -0.503 e. The molecule has 1 aliphatic rings. The summed E-state index contributed by atoms with van der Waals surface area (Å²) >= 11 is 0. The van der Waals surface area contributed by atoms with Gasteiger partial charge in [-0.2, -0.15) is 0 Å². The summed E-state index contributed by atoms with van der Waals surface area (Å²) in [7, 11) is 4.58. The molecule has 0 N–H and O–H groups in total. The number of hydrogen-bond donors (Lipinski definition) is 0. The van der Waals surface area contributed by atoms with Crippen molar-refractivity contribution in [3.63, 3.8) is 0 Å². The summed E-state index contributed by atoms with van der Waals surface area (Å²) in [5.41, 5.74) is 3.19. The third-order valence-corrected chi connectivity index (χ3v) is 4.81. The van der Waals surface area contributed by atoms with E-state index in [0.29, 0.717) is 5.57 Å². The van der Waals surface area contributed by atoms with Crippen molar-refractivity contribution >= 4 is 12.0 Å². The molecule has 0 bridgehead atoms. The molecular formula is C23H30O5. The minimum atomic E-state index is -0.431. The summed E-state index contributed by atoms with van der Waals surface area (Å²) in [5.74, 6) is 0.495. The number of carbonyl (C=O) groups excluding carboxylic acids is 1. The Balaban J connectivity index is 2.07. The molecule has 1 heterocycles. The molecule has 28 heavy (non-hydrogen) atoms. The molecule has 0 radical (unpaired) electrons. The molecule has 152 valence electrons. The Kier molecular flexibility index (Phi) is 7.46.